The maximum absolute atomic E-state index is 11.7. The molecule has 0 atom stereocenters. The Balaban J connectivity index is 2.80. The number of hydrogen-bond donors (Lipinski definition) is 2. The van der Waals surface area contributed by atoms with Crippen molar-refractivity contribution in [3.8, 4) is 12.1 Å². The zero-order valence-corrected chi connectivity index (χ0v) is 9.90. The average molecular weight is 264 g/mol. The Labute approximate surface area is 106 Å². The smallest absolute Gasteiger partial charge is 0.338 e. The molecular formula is C10H8N4O3S. The van der Waals surface area contributed by atoms with Crippen LogP contribution in [0.4, 0.5) is 9.80 Å². The number of thiophene rings is 1. The molecule has 0 bridgehead atoms. The SMILES string of the molecule is N#CCN(CC#N)C(=O)Nc1sccc1C(=O)O. The summed E-state index contributed by atoms with van der Waals surface area (Å²) >= 11 is 1.05. The Morgan fingerprint density at radius 1 is 1.39 bits per heavy atom. The number of rotatable bonds is 4. The molecular weight excluding hydrogens is 256 g/mol. The van der Waals surface area contributed by atoms with Crippen LogP contribution >= 0.6 is 11.3 Å². The normalized spacial score (nSPS) is 9.00. The number of urea groups is 1. The van der Waals surface area contributed by atoms with Crippen molar-refractivity contribution in [1.82, 2.24) is 4.90 Å². The van der Waals surface area contributed by atoms with Gasteiger partial charge in [-0.1, -0.05) is 0 Å². The summed E-state index contributed by atoms with van der Waals surface area (Å²) in [6.45, 7) is -0.486. The first-order valence-electron chi connectivity index (χ1n) is 4.70. The third-order valence-corrected chi connectivity index (χ3v) is 2.76. The molecule has 1 aromatic rings. The molecule has 0 spiro atoms. The van der Waals surface area contributed by atoms with E-state index in [1.807, 2.05) is 0 Å². The van der Waals surface area contributed by atoms with E-state index in [-0.39, 0.29) is 23.7 Å². The van der Waals surface area contributed by atoms with Crippen LogP contribution in [0.1, 0.15) is 10.4 Å². The molecule has 0 saturated carbocycles. The van der Waals surface area contributed by atoms with Gasteiger partial charge in [0.25, 0.3) is 0 Å². The van der Waals surface area contributed by atoms with Crippen LogP contribution in [0.25, 0.3) is 0 Å². The Morgan fingerprint density at radius 3 is 2.50 bits per heavy atom. The highest BCUT2D eigenvalue weighted by atomic mass is 32.1. The van der Waals surface area contributed by atoms with Gasteiger partial charge in [-0.2, -0.15) is 10.5 Å². The van der Waals surface area contributed by atoms with Gasteiger partial charge >= 0.3 is 12.0 Å². The summed E-state index contributed by atoms with van der Waals surface area (Å²) in [6, 6.07) is 4.19. The molecule has 0 aromatic carbocycles. The molecule has 2 amide bonds. The molecule has 7 nitrogen and oxygen atoms in total. The van der Waals surface area contributed by atoms with Crippen LogP contribution in [0.2, 0.25) is 0 Å². The van der Waals surface area contributed by atoms with Crippen LogP contribution < -0.4 is 5.32 Å². The van der Waals surface area contributed by atoms with E-state index in [0.29, 0.717) is 0 Å². The van der Waals surface area contributed by atoms with Gasteiger partial charge in [0.05, 0.1) is 17.7 Å². The van der Waals surface area contributed by atoms with Crippen LogP contribution in [0.3, 0.4) is 0 Å². The van der Waals surface area contributed by atoms with Crippen molar-refractivity contribution in [1.29, 1.82) is 10.5 Å². The van der Waals surface area contributed by atoms with Crippen molar-refractivity contribution in [2.24, 2.45) is 0 Å². The number of carboxylic acid groups (broad SMARTS) is 1. The van der Waals surface area contributed by atoms with Crippen molar-refractivity contribution in [2.75, 3.05) is 18.4 Å². The molecule has 0 unspecified atom stereocenters. The van der Waals surface area contributed by atoms with Gasteiger partial charge in [-0.3, -0.25) is 10.2 Å². The summed E-state index contributed by atoms with van der Waals surface area (Å²) in [6.07, 6.45) is 0. The lowest BCUT2D eigenvalue weighted by molar-refractivity contribution is 0.0698. The van der Waals surface area contributed by atoms with Crippen molar-refractivity contribution in [3.05, 3.63) is 17.0 Å². The second-order valence-corrected chi connectivity index (χ2v) is 3.99. The van der Waals surface area contributed by atoms with E-state index in [4.69, 9.17) is 15.6 Å². The van der Waals surface area contributed by atoms with E-state index in [0.717, 1.165) is 16.2 Å². The molecule has 0 aliphatic rings. The van der Waals surface area contributed by atoms with E-state index >= 15 is 0 Å². The highest BCUT2D eigenvalue weighted by Gasteiger charge is 2.17. The Kier molecular flexibility index (Phi) is 4.67. The monoisotopic (exact) mass is 264 g/mol. The number of carbonyl (C=O) groups is 2. The second kappa shape index (κ2) is 6.23. The Bertz CT molecular complexity index is 524. The van der Waals surface area contributed by atoms with Crippen LogP contribution in [0.15, 0.2) is 11.4 Å². The number of aromatic carboxylic acids is 1. The van der Waals surface area contributed by atoms with Gasteiger partial charge in [-0.25, -0.2) is 9.59 Å². The Morgan fingerprint density at radius 2 is 2.00 bits per heavy atom. The molecule has 8 heteroatoms. The molecule has 18 heavy (non-hydrogen) atoms. The molecule has 1 rings (SSSR count). The van der Waals surface area contributed by atoms with E-state index < -0.39 is 12.0 Å². The largest absolute Gasteiger partial charge is 0.478 e. The summed E-state index contributed by atoms with van der Waals surface area (Å²) in [5.41, 5.74) is -0.0257. The minimum atomic E-state index is -1.15. The first-order chi connectivity index (χ1) is 8.60. The molecule has 0 aliphatic heterocycles. The topological polar surface area (TPSA) is 117 Å². The fourth-order valence-corrected chi connectivity index (χ4v) is 1.89. The number of amides is 2. The second-order valence-electron chi connectivity index (χ2n) is 3.07. The lowest BCUT2D eigenvalue weighted by Crippen LogP contribution is -2.35. The molecule has 1 heterocycles. The highest BCUT2D eigenvalue weighted by molar-refractivity contribution is 7.14. The van der Waals surface area contributed by atoms with Gasteiger partial charge in [-0.15, -0.1) is 11.3 Å². The summed E-state index contributed by atoms with van der Waals surface area (Å²) in [4.78, 5) is 23.5. The predicted molar refractivity (Wildman–Crippen MR) is 63.1 cm³/mol. The van der Waals surface area contributed by atoms with Gasteiger partial charge in [-0.05, 0) is 11.4 Å². The maximum Gasteiger partial charge on any atom is 0.338 e. The van der Waals surface area contributed by atoms with E-state index in [2.05, 4.69) is 5.32 Å². The third kappa shape index (κ3) is 3.20. The number of nitriles is 2. The highest BCUT2D eigenvalue weighted by Crippen LogP contribution is 2.23. The van der Waals surface area contributed by atoms with E-state index in [9.17, 15) is 9.59 Å². The quantitative estimate of drug-likeness (QED) is 0.795. The summed E-state index contributed by atoms with van der Waals surface area (Å²) < 4.78 is 0. The van der Waals surface area contributed by atoms with Gasteiger partial charge in [0.1, 0.15) is 18.1 Å². The number of nitrogens with one attached hydrogen (secondary N) is 1. The van der Waals surface area contributed by atoms with Gasteiger partial charge in [0.2, 0.25) is 0 Å². The first-order valence-corrected chi connectivity index (χ1v) is 5.58. The number of anilines is 1. The van der Waals surface area contributed by atoms with Crippen molar-refractivity contribution in [2.45, 2.75) is 0 Å². The Hall–Kier alpha value is -2.58. The fourth-order valence-electron chi connectivity index (χ4n) is 1.12. The zero-order chi connectivity index (χ0) is 13.5. The third-order valence-electron chi connectivity index (χ3n) is 1.93. The summed E-state index contributed by atoms with van der Waals surface area (Å²) in [5, 5.41) is 29.9. The van der Waals surface area contributed by atoms with E-state index in [1.54, 1.807) is 12.1 Å². The van der Waals surface area contributed by atoms with Gasteiger partial charge < -0.3 is 5.11 Å². The molecule has 0 fully saturated rings. The molecule has 0 radical (unpaired) electrons. The number of carbonyl (C=O) groups excluding carboxylic acids is 1. The van der Waals surface area contributed by atoms with Crippen molar-refractivity contribution >= 4 is 28.3 Å². The van der Waals surface area contributed by atoms with E-state index in [1.165, 1.54) is 11.4 Å². The molecule has 2 N–H and O–H groups in total. The molecule has 0 aliphatic carbocycles. The minimum absolute atomic E-state index is 0.0257. The fraction of sp³-hybridized carbons (Fsp3) is 0.200. The molecule has 1 aromatic heterocycles. The van der Waals surface area contributed by atoms with Gasteiger partial charge in [0.15, 0.2) is 0 Å². The van der Waals surface area contributed by atoms with Gasteiger partial charge in [0, 0.05) is 0 Å². The zero-order valence-electron chi connectivity index (χ0n) is 9.08. The first kappa shape index (κ1) is 13.5. The summed E-state index contributed by atoms with van der Waals surface area (Å²) in [7, 11) is 0. The molecule has 0 saturated heterocycles. The molecule has 92 valence electrons. The lowest BCUT2D eigenvalue weighted by atomic mass is 10.3. The minimum Gasteiger partial charge on any atom is -0.478 e. The standard InChI is InChI=1S/C10H8N4O3S/c11-2-4-14(5-3-12)10(17)13-8-7(9(15)16)1-6-18-8/h1,6H,4-5H2,(H,13,17)(H,15,16). The lowest BCUT2D eigenvalue weighted by Gasteiger charge is -2.16. The maximum atomic E-state index is 11.7. The average Bonchev–Trinajstić information content (AvgIpc) is 2.77. The number of carboxylic acids is 1. The summed E-state index contributed by atoms with van der Waals surface area (Å²) in [5.74, 6) is -1.15. The van der Waals surface area contributed by atoms with Crippen LogP contribution in [0, 0.1) is 22.7 Å². The van der Waals surface area contributed by atoms with Crippen LogP contribution in [0.5, 0.6) is 0 Å². The van der Waals surface area contributed by atoms with Crippen molar-refractivity contribution < 1.29 is 14.7 Å². The number of hydrogen-bond acceptors (Lipinski definition) is 5. The van der Waals surface area contributed by atoms with Crippen LogP contribution in [-0.4, -0.2) is 35.1 Å². The predicted octanol–water partition coefficient (Wildman–Crippen LogP) is 1.33. The number of nitrogens with zero attached hydrogens (tertiary/aromatic N) is 3. The van der Waals surface area contributed by atoms with Crippen molar-refractivity contribution in [3.63, 3.8) is 0 Å². The van der Waals surface area contributed by atoms with Crippen LogP contribution in [-0.2, 0) is 0 Å².